The fourth-order valence-electron chi connectivity index (χ4n) is 2.50. The monoisotopic (exact) mass is 312 g/mol. The first-order valence-corrected chi connectivity index (χ1v) is 7.65. The van der Waals surface area contributed by atoms with Gasteiger partial charge in [0, 0.05) is 20.3 Å². The molecule has 1 amide bonds. The van der Waals surface area contributed by atoms with Gasteiger partial charge in [-0.05, 0) is 30.5 Å². The van der Waals surface area contributed by atoms with Crippen LogP contribution < -0.4 is 15.0 Å². The molecule has 2 heterocycles. The van der Waals surface area contributed by atoms with Crippen LogP contribution >= 0.6 is 0 Å². The van der Waals surface area contributed by atoms with E-state index in [2.05, 4.69) is 15.3 Å². The maximum atomic E-state index is 12.3. The molecule has 0 saturated carbocycles. The van der Waals surface area contributed by atoms with Gasteiger partial charge in [0.1, 0.15) is 5.75 Å². The summed E-state index contributed by atoms with van der Waals surface area (Å²) in [5, 5.41) is 2.89. The number of aromatic nitrogens is 2. The lowest BCUT2D eigenvalue weighted by Crippen LogP contribution is -2.40. The number of carbonyl (C=O) groups excluding carboxylic acids is 1. The highest BCUT2D eigenvalue weighted by atomic mass is 16.5. The first-order valence-electron chi connectivity index (χ1n) is 7.65. The van der Waals surface area contributed by atoms with E-state index < -0.39 is 6.10 Å². The highest BCUT2D eigenvalue weighted by molar-refractivity contribution is 5.81. The molecule has 0 radical (unpaired) electrons. The third-order valence-corrected chi connectivity index (χ3v) is 3.75. The Labute approximate surface area is 135 Å². The first kappa shape index (κ1) is 15.3. The number of fused-ring (bicyclic) bond motifs is 1. The zero-order valence-electron chi connectivity index (χ0n) is 13.3. The molecular weight excluding hydrogens is 292 g/mol. The molecule has 0 fully saturated rings. The number of amides is 1. The molecular formula is C17H20N4O2. The van der Waals surface area contributed by atoms with E-state index in [-0.39, 0.29) is 5.91 Å². The summed E-state index contributed by atoms with van der Waals surface area (Å²) in [6.45, 7) is 0.365. The van der Waals surface area contributed by atoms with Crippen LogP contribution in [0.1, 0.15) is 17.7 Å². The Morgan fingerprint density at radius 3 is 3.00 bits per heavy atom. The Hall–Kier alpha value is -2.63. The molecule has 0 bridgehead atoms. The van der Waals surface area contributed by atoms with Crippen molar-refractivity contribution >= 4 is 11.9 Å². The third-order valence-electron chi connectivity index (χ3n) is 3.75. The van der Waals surface area contributed by atoms with E-state index in [1.807, 2.05) is 43.3 Å². The molecule has 1 aromatic carbocycles. The minimum absolute atomic E-state index is 0.107. The number of nitrogens with zero attached hydrogens (tertiary/aromatic N) is 3. The van der Waals surface area contributed by atoms with E-state index in [0.717, 1.165) is 23.4 Å². The van der Waals surface area contributed by atoms with E-state index in [4.69, 9.17) is 4.74 Å². The second-order valence-corrected chi connectivity index (χ2v) is 5.71. The molecule has 1 N–H and O–H groups in total. The Morgan fingerprint density at radius 1 is 1.35 bits per heavy atom. The maximum Gasteiger partial charge on any atom is 0.261 e. The van der Waals surface area contributed by atoms with Crippen LogP contribution in [0, 0.1) is 0 Å². The van der Waals surface area contributed by atoms with Crippen molar-refractivity contribution in [3.8, 4) is 5.75 Å². The smallest absolute Gasteiger partial charge is 0.261 e. The number of nitrogens with one attached hydrogen (secondary N) is 1. The van der Waals surface area contributed by atoms with Crippen LogP contribution in [0.3, 0.4) is 0 Å². The Bertz CT molecular complexity index is 702. The lowest BCUT2D eigenvalue weighted by atomic mass is 10.0. The summed E-state index contributed by atoms with van der Waals surface area (Å²) in [6, 6.07) is 9.64. The zero-order chi connectivity index (χ0) is 16.2. The molecule has 2 aromatic rings. The van der Waals surface area contributed by atoms with Gasteiger partial charge in [0.25, 0.3) is 5.91 Å². The molecule has 1 atom stereocenters. The molecule has 0 aliphatic carbocycles. The number of anilines is 1. The lowest BCUT2D eigenvalue weighted by molar-refractivity contribution is -0.128. The van der Waals surface area contributed by atoms with Gasteiger partial charge in [0.15, 0.2) is 6.10 Å². The fraction of sp³-hybridized carbons (Fsp3) is 0.353. The largest absolute Gasteiger partial charge is 0.480 e. The van der Waals surface area contributed by atoms with Crippen LogP contribution in [0.2, 0.25) is 0 Å². The molecule has 3 rings (SSSR count). The highest BCUT2D eigenvalue weighted by Crippen LogP contribution is 2.27. The average molecular weight is 312 g/mol. The number of hydrogen-bond acceptors (Lipinski definition) is 5. The second kappa shape index (κ2) is 6.64. The van der Waals surface area contributed by atoms with E-state index in [1.54, 1.807) is 12.3 Å². The molecule has 6 heteroatoms. The SMILES string of the molecule is CN(C)c1nccc(CNC(=O)C2CCc3ccccc3O2)n1. The van der Waals surface area contributed by atoms with Gasteiger partial charge in [-0.15, -0.1) is 0 Å². The minimum atomic E-state index is -0.444. The van der Waals surface area contributed by atoms with Crippen molar-refractivity contribution < 1.29 is 9.53 Å². The Balaban J connectivity index is 1.59. The Morgan fingerprint density at radius 2 is 2.17 bits per heavy atom. The van der Waals surface area contributed by atoms with Crippen LogP contribution in [0.4, 0.5) is 5.95 Å². The molecule has 0 saturated heterocycles. The predicted octanol–water partition coefficient (Wildman–Crippen LogP) is 1.55. The minimum Gasteiger partial charge on any atom is -0.480 e. The number of benzene rings is 1. The number of para-hydroxylation sites is 1. The van der Waals surface area contributed by atoms with Crippen molar-refractivity contribution in [3.63, 3.8) is 0 Å². The number of rotatable bonds is 4. The summed E-state index contributed by atoms with van der Waals surface area (Å²) in [4.78, 5) is 22.7. The summed E-state index contributed by atoms with van der Waals surface area (Å²) in [5.74, 6) is 1.32. The van der Waals surface area contributed by atoms with Crippen LogP contribution in [0.5, 0.6) is 5.75 Å². The third kappa shape index (κ3) is 3.59. The zero-order valence-corrected chi connectivity index (χ0v) is 13.3. The van der Waals surface area contributed by atoms with Gasteiger partial charge in [-0.2, -0.15) is 0 Å². The quantitative estimate of drug-likeness (QED) is 0.928. The molecule has 120 valence electrons. The van der Waals surface area contributed by atoms with E-state index in [1.165, 1.54) is 0 Å². The summed E-state index contributed by atoms with van der Waals surface area (Å²) in [6.07, 6.45) is 2.79. The summed E-state index contributed by atoms with van der Waals surface area (Å²) >= 11 is 0. The second-order valence-electron chi connectivity index (χ2n) is 5.71. The highest BCUT2D eigenvalue weighted by Gasteiger charge is 2.25. The van der Waals surface area contributed by atoms with Crippen molar-refractivity contribution in [1.29, 1.82) is 0 Å². The predicted molar refractivity (Wildman–Crippen MR) is 87.4 cm³/mol. The first-order chi connectivity index (χ1) is 11.1. The molecule has 1 aromatic heterocycles. The normalized spacial score (nSPS) is 16.2. The van der Waals surface area contributed by atoms with Crippen LogP contribution in [-0.4, -0.2) is 36.1 Å². The lowest BCUT2D eigenvalue weighted by Gasteiger charge is -2.25. The molecule has 1 aliphatic rings. The van der Waals surface area contributed by atoms with Crippen molar-refractivity contribution in [1.82, 2.24) is 15.3 Å². The van der Waals surface area contributed by atoms with E-state index >= 15 is 0 Å². The molecule has 6 nitrogen and oxygen atoms in total. The van der Waals surface area contributed by atoms with Crippen LogP contribution in [0.25, 0.3) is 0 Å². The van der Waals surface area contributed by atoms with Gasteiger partial charge < -0.3 is 15.0 Å². The standard InChI is InChI=1S/C17H20N4O2/c1-21(2)17-18-10-9-13(20-17)11-19-16(22)15-8-7-12-5-3-4-6-14(12)23-15/h3-6,9-10,15H,7-8,11H2,1-2H3,(H,19,22). The van der Waals surface area contributed by atoms with Crippen LogP contribution in [0.15, 0.2) is 36.5 Å². The number of aryl methyl sites for hydroxylation is 1. The van der Waals surface area contributed by atoms with Gasteiger partial charge in [-0.25, -0.2) is 9.97 Å². The maximum absolute atomic E-state index is 12.3. The average Bonchev–Trinajstić information content (AvgIpc) is 2.59. The number of ether oxygens (including phenoxy) is 1. The van der Waals surface area contributed by atoms with Crippen molar-refractivity contribution in [2.45, 2.75) is 25.5 Å². The molecule has 23 heavy (non-hydrogen) atoms. The van der Waals surface area contributed by atoms with E-state index in [0.29, 0.717) is 18.9 Å². The van der Waals surface area contributed by atoms with Crippen LogP contribution in [-0.2, 0) is 17.8 Å². The molecule has 1 aliphatic heterocycles. The summed E-state index contributed by atoms with van der Waals surface area (Å²) in [7, 11) is 3.76. The van der Waals surface area contributed by atoms with Gasteiger partial charge in [0.2, 0.25) is 5.95 Å². The van der Waals surface area contributed by atoms with Gasteiger partial charge in [0.05, 0.1) is 12.2 Å². The van der Waals surface area contributed by atoms with Gasteiger partial charge >= 0.3 is 0 Å². The van der Waals surface area contributed by atoms with Crippen molar-refractivity contribution in [3.05, 3.63) is 47.8 Å². The fourth-order valence-corrected chi connectivity index (χ4v) is 2.50. The summed E-state index contributed by atoms with van der Waals surface area (Å²) < 4.78 is 5.79. The molecule has 1 unspecified atom stereocenters. The van der Waals surface area contributed by atoms with E-state index in [9.17, 15) is 4.79 Å². The van der Waals surface area contributed by atoms with Gasteiger partial charge in [-0.1, -0.05) is 18.2 Å². The number of hydrogen-bond donors (Lipinski definition) is 1. The molecule has 0 spiro atoms. The van der Waals surface area contributed by atoms with Crippen molar-refractivity contribution in [2.75, 3.05) is 19.0 Å². The topological polar surface area (TPSA) is 67.4 Å². The van der Waals surface area contributed by atoms with Gasteiger partial charge in [-0.3, -0.25) is 4.79 Å². The van der Waals surface area contributed by atoms with Crippen molar-refractivity contribution in [2.24, 2.45) is 0 Å². The Kier molecular flexibility index (Phi) is 4.41. The summed E-state index contributed by atoms with van der Waals surface area (Å²) in [5.41, 5.74) is 1.93. The number of carbonyl (C=O) groups is 1.